The number of aromatic nitrogens is 2. The van der Waals surface area contributed by atoms with Gasteiger partial charge in [0.1, 0.15) is 0 Å². The van der Waals surface area contributed by atoms with Gasteiger partial charge in [-0.15, -0.1) is 11.6 Å². The van der Waals surface area contributed by atoms with Gasteiger partial charge in [-0.3, -0.25) is 4.68 Å². The van der Waals surface area contributed by atoms with Crippen molar-refractivity contribution in [3.8, 4) is 0 Å². The van der Waals surface area contributed by atoms with Crippen LogP contribution in [0.5, 0.6) is 0 Å². The molecule has 0 saturated heterocycles. The lowest BCUT2D eigenvalue weighted by Crippen LogP contribution is -1.92. The molecular formula is C11H13ClN2. The van der Waals surface area contributed by atoms with Crippen LogP contribution in [0.3, 0.4) is 0 Å². The van der Waals surface area contributed by atoms with Gasteiger partial charge in [0.25, 0.3) is 0 Å². The Bertz CT molecular complexity index is 434. The highest BCUT2D eigenvalue weighted by molar-refractivity contribution is 6.17. The van der Waals surface area contributed by atoms with Crippen molar-refractivity contribution in [2.45, 2.75) is 12.8 Å². The van der Waals surface area contributed by atoms with E-state index in [9.17, 15) is 0 Å². The molecule has 0 unspecified atom stereocenters. The molecule has 0 spiro atoms. The molecule has 14 heavy (non-hydrogen) atoms. The molecule has 0 atom stereocenters. The van der Waals surface area contributed by atoms with Crippen LogP contribution in [0.4, 0.5) is 0 Å². The smallest absolute Gasteiger partial charge is 0.0703 e. The van der Waals surface area contributed by atoms with Gasteiger partial charge in [0.05, 0.1) is 11.2 Å². The van der Waals surface area contributed by atoms with Crippen LogP contribution in [0.1, 0.15) is 12.1 Å². The number of fused-ring (bicyclic) bond motifs is 1. The molecule has 0 fully saturated rings. The molecule has 0 aliphatic carbocycles. The maximum atomic E-state index is 5.67. The SMILES string of the molecule is Cn1nc(CCCCl)c2ccccc21. The largest absolute Gasteiger partial charge is 0.268 e. The van der Waals surface area contributed by atoms with Crippen LogP contribution < -0.4 is 0 Å². The van der Waals surface area contributed by atoms with Crippen LogP contribution >= 0.6 is 11.6 Å². The number of nitrogens with zero attached hydrogens (tertiary/aromatic N) is 2. The second-order valence-electron chi connectivity index (χ2n) is 3.38. The molecule has 0 aliphatic rings. The number of alkyl halides is 1. The maximum absolute atomic E-state index is 5.67. The van der Waals surface area contributed by atoms with Gasteiger partial charge in [0.2, 0.25) is 0 Å². The summed E-state index contributed by atoms with van der Waals surface area (Å²) in [7, 11) is 1.98. The van der Waals surface area contributed by atoms with Crippen molar-refractivity contribution in [3.05, 3.63) is 30.0 Å². The number of para-hydroxylation sites is 1. The molecule has 1 aromatic heterocycles. The highest BCUT2D eigenvalue weighted by Gasteiger charge is 2.06. The van der Waals surface area contributed by atoms with Crippen molar-refractivity contribution >= 4 is 22.5 Å². The fourth-order valence-corrected chi connectivity index (χ4v) is 1.84. The lowest BCUT2D eigenvalue weighted by Gasteiger charge is -1.93. The lowest BCUT2D eigenvalue weighted by molar-refractivity contribution is 0.754. The molecule has 3 heteroatoms. The van der Waals surface area contributed by atoms with Gasteiger partial charge < -0.3 is 0 Å². The Morgan fingerprint density at radius 3 is 2.93 bits per heavy atom. The van der Waals surface area contributed by atoms with Gasteiger partial charge in [-0.25, -0.2) is 0 Å². The van der Waals surface area contributed by atoms with Gasteiger partial charge in [-0.1, -0.05) is 18.2 Å². The Morgan fingerprint density at radius 1 is 1.36 bits per heavy atom. The second kappa shape index (κ2) is 4.01. The minimum Gasteiger partial charge on any atom is -0.268 e. The van der Waals surface area contributed by atoms with Crippen molar-refractivity contribution < 1.29 is 0 Å². The number of aryl methyl sites for hydroxylation is 2. The van der Waals surface area contributed by atoms with Crippen molar-refractivity contribution in [3.63, 3.8) is 0 Å². The molecular weight excluding hydrogens is 196 g/mol. The van der Waals surface area contributed by atoms with E-state index in [0.29, 0.717) is 5.88 Å². The predicted octanol–water partition coefficient (Wildman–Crippen LogP) is 2.74. The van der Waals surface area contributed by atoms with Crippen LogP contribution in [-0.2, 0) is 13.5 Å². The molecule has 1 aromatic carbocycles. The summed E-state index contributed by atoms with van der Waals surface area (Å²) in [5.74, 6) is 0.699. The molecule has 0 N–H and O–H groups in total. The fourth-order valence-electron chi connectivity index (χ4n) is 1.71. The Morgan fingerprint density at radius 2 is 2.14 bits per heavy atom. The topological polar surface area (TPSA) is 17.8 Å². The average Bonchev–Trinajstić information content (AvgIpc) is 2.54. The first-order chi connectivity index (χ1) is 6.83. The van der Waals surface area contributed by atoms with Crippen LogP contribution in [0.25, 0.3) is 10.9 Å². The monoisotopic (exact) mass is 208 g/mol. The van der Waals surface area contributed by atoms with Crippen LogP contribution in [-0.4, -0.2) is 15.7 Å². The number of halogens is 1. The first-order valence-corrected chi connectivity index (χ1v) is 5.33. The molecule has 0 radical (unpaired) electrons. The quantitative estimate of drug-likeness (QED) is 0.710. The normalized spacial score (nSPS) is 11.0. The molecule has 1 heterocycles. The van der Waals surface area contributed by atoms with Gasteiger partial charge in [-0.05, 0) is 18.9 Å². The van der Waals surface area contributed by atoms with Crippen LogP contribution in [0.2, 0.25) is 0 Å². The van der Waals surface area contributed by atoms with Crippen molar-refractivity contribution in [2.24, 2.45) is 7.05 Å². The Hall–Kier alpha value is -1.02. The summed E-state index contributed by atoms with van der Waals surface area (Å²) >= 11 is 5.67. The molecule has 2 aromatic rings. The third kappa shape index (κ3) is 1.62. The summed E-state index contributed by atoms with van der Waals surface area (Å²) in [4.78, 5) is 0. The Balaban J connectivity index is 2.44. The van der Waals surface area contributed by atoms with E-state index in [1.54, 1.807) is 0 Å². The van der Waals surface area contributed by atoms with Gasteiger partial charge >= 0.3 is 0 Å². The molecule has 0 amide bonds. The molecule has 2 rings (SSSR count). The number of benzene rings is 1. The van der Waals surface area contributed by atoms with Crippen molar-refractivity contribution in [1.82, 2.24) is 9.78 Å². The van der Waals surface area contributed by atoms with E-state index in [1.165, 1.54) is 10.9 Å². The molecule has 0 aliphatic heterocycles. The minimum atomic E-state index is 0.699. The van der Waals surface area contributed by atoms with E-state index in [0.717, 1.165) is 18.5 Å². The van der Waals surface area contributed by atoms with Crippen molar-refractivity contribution in [2.75, 3.05) is 5.88 Å². The number of hydrogen-bond acceptors (Lipinski definition) is 1. The third-order valence-corrected chi connectivity index (χ3v) is 2.65. The number of rotatable bonds is 3. The van der Waals surface area contributed by atoms with E-state index < -0.39 is 0 Å². The summed E-state index contributed by atoms with van der Waals surface area (Å²) < 4.78 is 1.93. The summed E-state index contributed by atoms with van der Waals surface area (Å²) in [6.45, 7) is 0. The van der Waals surface area contributed by atoms with E-state index in [2.05, 4.69) is 17.2 Å². The Labute approximate surface area is 88.5 Å². The zero-order valence-corrected chi connectivity index (χ0v) is 8.96. The first-order valence-electron chi connectivity index (χ1n) is 4.79. The fraction of sp³-hybridized carbons (Fsp3) is 0.364. The third-order valence-electron chi connectivity index (χ3n) is 2.38. The summed E-state index contributed by atoms with van der Waals surface area (Å²) in [6.07, 6.45) is 1.95. The minimum absolute atomic E-state index is 0.699. The summed E-state index contributed by atoms with van der Waals surface area (Å²) in [5, 5.41) is 5.74. The first kappa shape index (κ1) is 9.53. The van der Waals surface area contributed by atoms with Crippen molar-refractivity contribution in [1.29, 1.82) is 0 Å². The zero-order chi connectivity index (χ0) is 9.97. The van der Waals surface area contributed by atoms with Gasteiger partial charge in [0.15, 0.2) is 0 Å². The highest BCUT2D eigenvalue weighted by atomic mass is 35.5. The summed E-state index contributed by atoms with van der Waals surface area (Å²) in [6, 6.07) is 8.29. The van der Waals surface area contributed by atoms with E-state index in [4.69, 9.17) is 11.6 Å². The lowest BCUT2D eigenvalue weighted by atomic mass is 10.1. The van der Waals surface area contributed by atoms with Gasteiger partial charge in [-0.2, -0.15) is 5.10 Å². The standard InChI is InChI=1S/C11H13ClN2/c1-14-11-7-3-2-5-9(11)10(13-14)6-4-8-12/h2-3,5,7H,4,6,8H2,1H3. The molecule has 2 nitrogen and oxygen atoms in total. The maximum Gasteiger partial charge on any atom is 0.0703 e. The predicted molar refractivity (Wildman–Crippen MR) is 59.8 cm³/mol. The summed E-state index contributed by atoms with van der Waals surface area (Å²) in [5.41, 5.74) is 2.35. The van der Waals surface area contributed by atoms with E-state index in [-0.39, 0.29) is 0 Å². The van der Waals surface area contributed by atoms with Gasteiger partial charge in [0, 0.05) is 18.3 Å². The van der Waals surface area contributed by atoms with E-state index >= 15 is 0 Å². The zero-order valence-electron chi connectivity index (χ0n) is 8.20. The number of hydrogen-bond donors (Lipinski definition) is 0. The van der Waals surface area contributed by atoms with Crippen LogP contribution in [0.15, 0.2) is 24.3 Å². The van der Waals surface area contributed by atoms with E-state index in [1.807, 2.05) is 23.9 Å². The molecule has 74 valence electrons. The highest BCUT2D eigenvalue weighted by Crippen LogP contribution is 2.18. The Kier molecular flexibility index (Phi) is 2.73. The second-order valence-corrected chi connectivity index (χ2v) is 3.76. The van der Waals surface area contributed by atoms with Crippen LogP contribution in [0, 0.1) is 0 Å². The molecule has 0 bridgehead atoms. The molecule has 0 saturated carbocycles. The average molecular weight is 209 g/mol.